The van der Waals surface area contributed by atoms with Gasteiger partial charge in [-0.2, -0.15) is 0 Å². The molecule has 1 aliphatic heterocycles. The van der Waals surface area contributed by atoms with Crippen LogP contribution in [0.1, 0.15) is 30.9 Å². The van der Waals surface area contributed by atoms with Gasteiger partial charge < -0.3 is 15.2 Å². The number of carbonyl (C=O) groups is 1. The highest BCUT2D eigenvalue weighted by Crippen LogP contribution is 2.23. The average molecular weight is 287 g/mol. The van der Waals surface area contributed by atoms with Gasteiger partial charge in [-0.25, -0.2) is 0 Å². The highest BCUT2D eigenvalue weighted by molar-refractivity contribution is 5.95. The Morgan fingerprint density at radius 3 is 3.00 bits per heavy atom. The van der Waals surface area contributed by atoms with Gasteiger partial charge in [-0.3, -0.25) is 4.79 Å². The number of hydrogen-bond acceptors (Lipinski definition) is 3. The Bertz CT molecular complexity index is 571. The van der Waals surface area contributed by atoms with E-state index >= 15 is 0 Å². The van der Waals surface area contributed by atoms with E-state index in [1.54, 1.807) is 0 Å². The summed E-state index contributed by atoms with van der Waals surface area (Å²) >= 11 is 0. The molecule has 0 saturated carbocycles. The fourth-order valence-corrected chi connectivity index (χ4v) is 2.29. The number of anilines is 1. The van der Waals surface area contributed by atoms with Crippen molar-refractivity contribution in [2.75, 3.05) is 18.5 Å². The van der Waals surface area contributed by atoms with E-state index in [0.717, 1.165) is 23.2 Å². The van der Waals surface area contributed by atoms with Crippen LogP contribution >= 0.6 is 0 Å². The number of benzene rings is 1. The van der Waals surface area contributed by atoms with Gasteiger partial charge in [0.1, 0.15) is 6.10 Å². The lowest BCUT2D eigenvalue weighted by atomic mass is 10.0. The molecule has 21 heavy (non-hydrogen) atoms. The topological polar surface area (TPSA) is 58.6 Å². The van der Waals surface area contributed by atoms with E-state index in [2.05, 4.69) is 17.2 Å². The number of aryl methyl sites for hydroxylation is 1. The monoisotopic (exact) mass is 287 g/mol. The number of hydrogen-bond donors (Lipinski definition) is 2. The molecule has 4 heteroatoms. The van der Waals surface area contributed by atoms with Crippen molar-refractivity contribution < 1.29 is 14.6 Å². The summed E-state index contributed by atoms with van der Waals surface area (Å²) in [5, 5.41) is 11.7. The van der Waals surface area contributed by atoms with Gasteiger partial charge in [-0.15, -0.1) is 0 Å². The average Bonchev–Trinajstić information content (AvgIpc) is 2.89. The Labute approximate surface area is 125 Å². The molecular weight excluding hydrogens is 266 g/mol. The molecule has 2 N–H and O–H groups in total. The maximum absolute atomic E-state index is 12.2. The summed E-state index contributed by atoms with van der Waals surface area (Å²) in [5.41, 5.74) is 2.57. The maximum Gasteiger partial charge on any atom is 0.253 e. The van der Waals surface area contributed by atoms with Crippen molar-refractivity contribution in [3.05, 3.63) is 29.3 Å². The van der Waals surface area contributed by atoms with Crippen LogP contribution in [-0.4, -0.2) is 30.3 Å². The van der Waals surface area contributed by atoms with Crippen molar-refractivity contribution in [2.45, 2.75) is 32.8 Å². The molecular formula is C17H21NO3. The highest BCUT2D eigenvalue weighted by Gasteiger charge is 2.30. The van der Waals surface area contributed by atoms with Crippen molar-refractivity contribution in [1.29, 1.82) is 0 Å². The van der Waals surface area contributed by atoms with Crippen LogP contribution < -0.4 is 5.32 Å². The molecule has 1 aromatic rings. The second-order valence-corrected chi connectivity index (χ2v) is 5.35. The maximum atomic E-state index is 12.2. The van der Waals surface area contributed by atoms with Gasteiger partial charge in [0, 0.05) is 24.3 Å². The number of nitrogens with one attached hydrogen (secondary N) is 1. The predicted molar refractivity (Wildman–Crippen MR) is 81.9 cm³/mol. The van der Waals surface area contributed by atoms with Crippen LogP contribution in [0.5, 0.6) is 0 Å². The van der Waals surface area contributed by atoms with E-state index in [9.17, 15) is 4.79 Å². The minimum atomic E-state index is -0.367. The van der Waals surface area contributed by atoms with Crippen LogP contribution in [-0.2, 0) is 9.53 Å². The molecule has 0 bridgehead atoms. The summed E-state index contributed by atoms with van der Waals surface area (Å²) in [6.45, 7) is 4.67. The number of aliphatic hydroxyl groups is 1. The molecule has 2 unspecified atom stereocenters. The van der Waals surface area contributed by atoms with Crippen molar-refractivity contribution in [1.82, 2.24) is 0 Å². The Hall–Kier alpha value is -1.83. The smallest absolute Gasteiger partial charge is 0.253 e. The lowest BCUT2D eigenvalue weighted by Crippen LogP contribution is -2.31. The molecule has 1 aliphatic rings. The standard InChI is InChI=1S/C17H21NO3/c1-12-6-7-14(5-3-4-9-19)11-15(12)18-17(20)16-13(2)8-10-21-16/h6-7,11,13,16,19H,4,8-10H2,1-2H3,(H,18,20). The van der Waals surface area contributed by atoms with Crippen LogP contribution in [0.25, 0.3) is 0 Å². The minimum absolute atomic E-state index is 0.0549. The summed E-state index contributed by atoms with van der Waals surface area (Å²) in [6, 6.07) is 5.69. The molecule has 0 aromatic heterocycles. The molecule has 1 amide bonds. The van der Waals surface area contributed by atoms with Crippen molar-refractivity contribution in [3.8, 4) is 11.8 Å². The first-order valence-electron chi connectivity index (χ1n) is 7.24. The Kier molecular flexibility index (Phi) is 5.38. The number of amides is 1. The number of aliphatic hydroxyl groups excluding tert-OH is 1. The van der Waals surface area contributed by atoms with Crippen molar-refractivity contribution in [2.24, 2.45) is 5.92 Å². The van der Waals surface area contributed by atoms with Crippen LogP contribution in [0, 0.1) is 24.7 Å². The van der Waals surface area contributed by atoms with E-state index < -0.39 is 0 Å². The van der Waals surface area contributed by atoms with E-state index in [1.165, 1.54) is 0 Å². The summed E-state index contributed by atoms with van der Waals surface area (Å²) < 4.78 is 5.48. The number of rotatable bonds is 3. The van der Waals surface area contributed by atoms with Gasteiger partial charge in [0.2, 0.25) is 0 Å². The molecule has 0 radical (unpaired) electrons. The summed E-state index contributed by atoms with van der Waals surface area (Å²) in [4.78, 5) is 12.2. The predicted octanol–water partition coefficient (Wildman–Crippen LogP) is 2.09. The first-order valence-corrected chi connectivity index (χ1v) is 7.24. The SMILES string of the molecule is Cc1ccc(C#CCCO)cc1NC(=O)C1OCCC1C. The van der Waals surface area contributed by atoms with Gasteiger partial charge in [0.25, 0.3) is 5.91 Å². The van der Waals surface area contributed by atoms with Gasteiger partial charge >= 0.3 is 0 Å². The lowest BCUT2D eigenvalue weighted by Gasteiger charge is -2.16. The third-order valence-corrected chi connectivity index (χ3v) is 3.61. The van der Waals surface area contributed by atoms with Crippen molar-refractivity contribution in [3.63, 3.8) is 0 Å². The Morgan fingerprint density at radius 2 is 2.33 bits per heavy atom. The molecule has 1 saturated heterocycles. The van der Waals surface area contributed by atoms with E-state index in [4.69, 9.17) is 9.84 Å². The number of ether oxygens (including phenoxy) is 1. The van der Waals surface area contributed by atoms with Crippen molar-refractivity contribution >= 4 is 11.6 Å². The number of carbonyl (C=O) groups excluding carboxylic acids is 1. The summed E-state index contributed by atoms with van der Waals surface area (Å²) in [6.07, 6.45) is 1.00. The summed E-state index contributed by atoms with van der Waals surface area (Å²) in [7, 11) is 0. The second kappa shape index (κ2) is 7.26. The first-order chi connectivity index (χ1) is 10.1. The zero-order chi connectivity index (χ0) is 15.2. The minimum Gasteiger partial charge on any atom is -0.395 e. The van der Waals surface area contributed by atoms with Gasteiger partial charge in [-0.1, -0.05) is 24.8 Å². The van der Waals surface area contributed by atoms with E-state index in [1.807, 2.05) is 32.0 Å². The Balaban J connectivity index is 2.10. The molecule has 2 rings (SSSR count). The highest BCUT2D eigenvalue weighted by atomic mass is 16.5. The van der Waals surface area contributed by atoms with E-state index in [-0.39, 0.29) is 24.5 Å². The van der Waals surface area contributed by atoms with Gasteiger partial charge in [-0.05, 0) is 37.0 Å². The van der Waals surface area contributed by atoms with Crippen LogP contribution in [0.3, 0.4) is 0 Å². The van der Waals surface area contributed by atoms with Crippen LogP contribution in [0.15, 0.2) is 18.2 Å². The third-order valence-electron chi connectivity index (χ3n) is 3.61. The fraction of sp³-hybridized carbons (Fsp3) is 0.471. The second-order valence-electron chi connectivity index (χ2n) is 5.35. The largest absolute Gasteiger partial charge is 0.395 e. The summed E-state index contributed by atoms with van der Waals surface area (Å²) in [5.74, 6) is 6.00. The Morgan fingerprint density at radius 1 is 1.52 bits per heavy atom. The molecule has 2 atom stereocenters. The first kappa shape index (κ1) is 15.6. The molecule has 1 aromatic carbocycles. The van der Waals surface area contributed by atoms with Gasteiger partial charge in [0.15, 0.2) is 0 Å². The third kappa shape index (κ3) is 4.07. The fourth-order valence-electron chi connectivity index (χ4n) is 2.29. The molecule has 1 fully saturated rings. The quantitative estimate of drug-likeness (QED) is 0.837. The molecule has 4 nitrogen and oxygen atoms in total. The molecule has 1 heterocycles. The zero-order valence-corrected chi connectivity index (χ0v) is 12.5. The molecule has 0 spiro atoms. The van der Waals surface area contributed by atoms with E-state index in [0.29, 0.717) is 13.0 Å². The normalized spacial score (nSPS) is 20.7. The zero-order valence-electron chi connectivity index (χ0n) is 12.5. The molecule has 112 valence electrons. The van der Waals surface area contributed by atoms with Gasteiger partial charge in [0.05, 0.1) is 6.61 Å². The lowest BCUT2D eigenvalue weighted by molar-refractivity contribution is -0.126. The van der Waals surface area contributed by atoms with Crippen LogP contribution in [0.4, 0.5) is 5.69 Å². The molecule has 0 aliphatic carbocycles. The van der Waals surface area contributed by atoms with Crippen LogP contribution in [0.2, 0.25) is 0 Å².